The van der Waals surface area contributed by atoms with Crippen molar-refractivity contribution in [1.29, 1.82) is 0 Å². The standard InChI is InChI=1S/C20H25ClN2O6S/c1-20(2,3)29-19(26)23-9-16-14(10-24)18(25)8-15(22-16)17(23)11-30(27,28)13-6-4-12(21)5-7-13/h4-7,10,15-17,22,24H,8-9,11H2,1-3H3/b14-10-. The third-order valence-corrected chi connectivity index (χ3v) is 7.11. The molecule has 2 fully saturated rings. The van der Waals surface area contributed by atoms with Crippen LogP contribution < -0.4 is 5.32 Å². The Morgan fingerprint density at radius 1 is 1.33 bits per heavy atom. The summed E-state index contributed by atoms with van der Waals surface area (Å²) in [5, 5.41) is 13.0. The van der Waals surface area contributed by atoms with Gasteiger partial charge in [0.1, 0.15) is 5.60 Å². The molecule has 2 bridgehead atoms. The zero-order valence-electron chi connectivity index (χ0n) is 17.0. The number of amides is 1. The van der Waals surface area contributed by atoms with Gasteiger partial charge in [0, 0.05) is 29.6 Å². The summed E-state index contributed by atoms with van der Waals surface area (Å²) in [6.07, 6.45) is 0.0408. The van der Waals surface area contributed by atoms with Gasteiger partial charge in [-0.2, -0.15) is 0 Å². The highest BCUT2D eigenvalue weighted by molar-refractivity contribution is 7.91. The highest BCUT2D eigenvalue weighted by atomic mass is 35.5. The van der Waals surface area contributed by atoms with Gasteiger partial charge in [-0.05, 0) is 45.0 Å². The van der Waals surface area contributed by atoms with Crippen LogP contribution in [0.2, 0.25) is 5.02 Å². The monoisotopic (exact) mass is 456 g/mol. The number of piperidine rings is 1. The van der Waals surface area contributed by atoms with Gasteiger partial charge in [0.15, 0.2) is 15.6 Å². The second-order valence-corrected chi connectivity index (χ2v) is 10.9. The topological polar surface area (TPSA) is 113 Å². The van der Waals surface area contributed by atoms with Gasteiger partial charge in [-0.15, -0.1) is 0 Å². The number of ketones is 1. The van der Waals surface area contributed by atoms with Crippen LogP contribution in [-0.4, -0.2) is 66.3 Å². The molecule has 1 aromatic carbocycles. The Kier molecular flexibility index (Phi) is 6.18. The summed E-state index contributed by atoms with van der Waals surface area (Å²) < 4.78 is 31.6. The Balaban J connectivity index is 1.94. The average molecular weight is 457 g/mol. The van der Waals surface area contributed by atoms with Gasteiger partial charge in [0.05, 0.1) is 29.0 Å². The molecule has 2 saturated heterocycles. The molecule has 8 nitrogen and oxygen atoms in total. The van der Waals surface area contributed by atoms with Gasteiger partial charge in [-0.1, -0.05) is 11.6 Å². The fourth-order valence-electron chi connectivity index (χ4n) is 3.73. The molecule has 2 heterocycles. The van der Waals surface area contributed by atoms with Crippen molar-refractivity contribution in [2.45, 2.75) is 55.8 Å². The molecule has 164 valence electrons. The molecule has 0 aliphatic carbocycles. The summed E-state index contributed by atoms with van der Waals surface area (Å²) in [7, 11) is -3.78. The van der Waals surface area contributed by atoms with Crippen LogP contribution in [0.1, 0.15) is 27.2 Å². The minimum absolute atomic E-state index is 0.00432. The summed E-state index contributed by atoms with van der Waals surface area (Å²) in [5.74, 6) is -0.659. The maximum Gasteiger partial charge on any atom is 0.410 e. The molecule has 2 aliphatic rings. The van der Waals surface area contributed by atoms with E-state index in [9.17, 15) is 23.1 Å². The number of aliphatic hydroxyl groups is 1. The number of piperazine rings is 1. The van der Waals surface area contributed by atoms with Crippen LogP contribution in [0.15, 0.2) is 41.0 Å². The summed E-state index contributed by atoms with van der Waals surface area (Å²) in [4.78, 5) is 26.7. The lowest BCUT2D eigenvalue weighted by molar-refractivity contribution is -0.119. The van der Waals surface area contributed by atoms with E-state index in [1.165, 1.54) is 29.2 Å². The smallest absolute Gasteiger partial charge is 0.410 e. The Labute approximate surface area is 180 Å². The first-order valence-electron chi connectivity index (χ1n) is 9.53. The first-order chi connectivity index (χ1) is 13.9. The first kappa shape index (κ1) is 22.6. The fourth-order valence-corrected chi connectivity index (χ4v) is 5.46. The van der Waals surface area contributed by atoms with Gasteiger partial charge in [0.25, 0.3) is 0 Å². The molecule has 3 atom stereocenters. The summed E-state index contributed by atoms with van der Waals surface area (Å²) in [6.45, 7) is 5.16. The van der Waals surface area contributed by atoms with E-state index in [4.69, 9.17) is 16.3 Å². The number of Topliss-reactive ketones (excluding diaryl/α,β-unsaturated/α-hetero) is 1. The van der Waals surface area contributed by atoms with Crippen LogP contribution in [-0.2, 0) is 19.4 Å². The van der Waals surface area contributed by atoms with Crippen molar-refractivity contribution < 1.29 is 27.9 Å². The van der Waals surface area contributed by atoms with E-state index < -0.39 is 39.7 Å². The maximum absolute atomic E-state index is 13.0. The first-order valence-corrected chi connectivity index (χ1v) is 11.6. The van der Waals surface area contributed by atoms with Crippen molar-refractivity contribution in [3.8, 4) is 0 Å². The van der Waals surface area contributed by atoms with E-state index in [2.05, 4.69) is 5.32 Å². The number of hydrogen-bond acceptors (Lipinski definition) is 7. The Morgan fingerprint density at radius 3 is 2.53 bits per heavy atom. The van der Waals surface area contributed by atoms with Crippen LogP contribution >= 0.6 is 11.6 Å². The minimum atomic E-state index is -3.78. The van der Waals surface area contributed by atoms with Crippen LogP contribution in [0.5, 0.6) is 0 Å². The molecule has 0 radical (unpaired) electrons. The number of sulfone groups is 1. The van der Waals surface area contributed by atoms with Gasteiger partial charge >= 0.3 is 6.09 Å². The van der Waals surface area contributed by atoms with E-state index in [0.717, 1.165) is 6.26 Å². The number of nitrogens with zero attached hydrogens (tertiary/aromatic N) is 1. The third kappa shape index (κ3) is 4.79. The molecule has 0 aromatic heterocycles. The number of halogens is 1. The number of fused-ring (bicyclic) bond motifs is 2. The van der Waals surface area contributed by atoms with Gasteiger partial charge in [-0.25, -0.2) is 13.2 Å². The number of likely N-dealkylation sites (tertiary alicyclic amines) is 1. The largest absolute Gasteiger partial charge is 0.515 e. The molecular weight excluding hydrogens is 432 g/mol. The van der Waals surface area contributed by atoms with Crippen molar-refractivity contribution in [2.75, 3.05) is 12.3 Å². The molecule has 2 N–H and O–H groups in total. The normalized spacial score (nSPS) is 26.0. The van der Waals surface area contributed by atoms with Crippen molar-refractivity contribution in [3.63, 3.8) is 0 Å². The maximum atomic E-state index is 13.0. The average Bonchev–Trinajstić information content (AvgIpc) is 2.62. The number of rotatable bonds is 3. The molecule has 2 aliphatic heterocycles. The molecule has 10 heteroatoms. The summed E-state index contributed by atoms with van der Waals surface area (Å²) in [5.41, 5.74) is -0.610. The van der Waals surface area contributed by atoms with Crippen molar-refractivity contribution in [2.24, 2.45) is 0 Å². The van der Waals surface area contributed by atoms with E-state index in [-0.39, 0.29) is 35.0 Å². The van der Waals surface area contributed by atoms with Gasteiger partial charge < -0.3 is 20.1 Å². The third-order valence-electron chi connectivity index (χ3n) is 5.09. The molecule has 3 unspecified atom stereocenters. The lowest BCUT2D eigenvalue weighted by Gasteiger charge is -2.48. The van der Waals surface area contributed by atoms with E-state index in [0.29, 0.717) is 5.02 Å². The van der Waals surface area contributed by atoms with E-state index in [1.54, 1.807) is 20.8 Å². The second-order valence-electron chi connectivity index (χ2n) is 8.47. The highest BCUT2D eigenvalue weighted by Crippen LogP contribution is 2.30. The minimum Gasteiger partial charge on any atom is -0.515 e. The predicted molar refractivity (Wildman–Crippen MR) is 111 cm³/mol. The number of benzene rings is 1. The summed E-state index contributed by atoms with van der Waals surface area (Å²) in [6, 6.07) is 3.79. The number of aliphatic hydroxyl groups excluding tert-OH is 1. The predicted octanol–water partition coefficient (Wildman–Crippen LogP) is 2.47. The van der Waals surface area contributed by atoms with Crippen molar-refractivity contribution in [1.82, 2.24) is 10.2 Å². The van der Waals surface area contributed by atoms with Crippen molar-refractivity contribution in [3.05, 3.63) is 41.1 Å². The van der Waals surface area contributed by atoms with Gasteiger partial charge in [0.2, 0.25) is 0 Å². The van der Waals surface area contributed by atoms with Crippen LogP contribution in [0.3, 0.4) is 0 Å². The molecule has 30 heavy (non-hydrogen) atoms. The highest BCUT2D eigenvalue weighted by Gasteiger charge is 2.47. The number of ether oxygens (including phenoxy) is 1. The van der Waals surface area contributed by atoms with Crippen LogP contribution in [0, 0.1) is 0 Å². The number of nitrogens with one attached hydrogen (secondary N) is 1. The fraction of sp³-hybridized carbons (Fsp3) is 0.500. The lowest BCUT2D eigenvalue weighted by Crippen LogP contribution is -2.69. The molecular formula is C20H25ClN2O6S. The van der Waals surface area contributed by atoms with Crippen LogP contribution in [0.25, 0.3) is 0 Å². The molecule has 1 amide bonds. The van der Waals surface area contributed by atoms with Crippen molar-refractivity contribution >= 4 is 33.3 Å². The Hall–Kier alpha value is -2.10. The van der Waals surface area contributed by atoms with E-state index in [1.807, 2.05) is 0 Å². The van der Waals surface area contributed by atoms with Crippen LogP contribution in [0.4, 0.5) is 4.79 Å². The number of carbonyl (C=O) groups is 2. The Morgan fingerprint density at radius 2 is 1.97 bits per heavy atom. The molecule has 0 saturated carbocycles. The molecule has 1 aromatic rings. The zero-order chi connectivity index (χ0) is 22.3. The lowest BCUT2D eigenvalue weighted by atomic mass is 9.85. The second kappa shape index (κ2) is 8.20. The Bertz CT molecular complexity index is 968. The summed E-state index contributed by atoms with van der Waals surface area (Å²) >= 11 is 5.86. The zero-order valence-corrected chi connectivity index (χ0v) is 18.5. The SMILES string of the molecule is CC(C)(C)OC(=O)N1CC2NC(CC(=O)/C2=C\O)C1CS(=O)(=O)c1ccc(Cl)cc1. The molecule has 3 rings (SSSR count). The van der Waals surface area contributed by atoms with E-state index >= 15 is 0 Å². The number of hydrogen-bond donors (Lipinski definition) is 2. The number of carbonyl (C=O) groups excluding carboxylic acids is 2. The quantitative estimate of drug-likeness (QED) is 0.530. The van der Waals surface area contributed by atoms with Gasteiger partial charge in [-0.3, -0.25) is 4.79 Å². The molecule has 0 spiro atoms.